The molecule has 0 radical (unpaired) electrons. The molecule has 3 aromatic rings. The van der Waals surface area contributed by atoms with E-state index in [2.05, 4.69) is 16.1 Å². The zero-order valence-electron chi connectivity index (χ0n) is 20.1. The van der Waals surface area contributed by atoms with E-state index in [0.29, 0.717) is 31.1 Å². The Morgan fingerprint density at radius 3 is 2.69 bits per heavy atom. The molecule has 1 N–H and O–H groups in total. The van der Waals surface area contributed by atoms with Gasteiger partial charge in [0, 0.05) is 31.1 Å². The van der Waals surface area contributed by atoms with Gasteiger partial charge in [0.25, 0.3) is 0 Å². The van der Waals surface area contributed by atoms with Crippen LogP contribution in [0.2, 0.25) is 5.02 Å². The maximum Gasteiger partial charge on any atom is 0.145 e. The zero-order chi connectivity index (χ0) is 24.6. The second kappa shape index (κ2) is 12.1. The van der Waals surface area contributed by atoms with E-state index >= 15 is 0 Å². The third kappa shape index (κ3) is 7.21. The van der Waals surface area contributed by atoms with Crippen LogP contribution < -0.4 is 9.47 Å². The van der Waals surface area contributed by atoms with Crippen LogP contribution >= 0.6 is 11.6 Å². The Morgan fingerprint density at radius 1 is 1.11 bits per heavy atom. The van der Waals surface area contributed by atoms with Crippen LogP contribution in [0.25, 0.3) is 0 Å². The highest BCUT2D eigenvalue weighted by molar-refractivity contribution is 6.30. The molecule has 35 heavy (non-hydrogen) atoms. The summed E-state index contributed by atoms with van der Waals surface area (Å²) in [6.45, 7) is 3.87. The van der Waals surface area contributed by atoms with Gasteiger partial charge in [-0.05, 0) is 53.9 Å². The summed E-state index contributed by atoms with van der Waals surface area (Å²) in [4.78, 5) is 7.94. The first-order valence-corrected chi connectivity index (χ1v) is 12.1. The molecule has 1 aliphatic rings. The number of ether oxygens (including phenoxy) is 2. The fourth-order valence-electron chi connectivity index (χ4n) is 4.11. The number of methoxy groups -OCH3 is 1. The van der Waals surface area contributed by atoms with Crippen LogP contribution in [0.15, 0.2) is 78.0 Å². The van der Waals surface area contributed by atoms with Crippen molar-refractivity contribution in [3.63, 3.8) is 0 Å². The summed E-state index contributed by atoms with van der Waals surface area (Å²) in [5.74, 6) is 1.59. The van der Waals surface area contributed by atoms with Crippen molar-refractivity contribution in [3.8, 4) is 11.5 Å². The Morgan fingerprint density at radius 2 is 1.91 bits per heavy atom. The van der Waals surface area contributed by atoms with Crippen molar-refractivity contribution in [3.05, 3.63) is 94.5 Å². The summed E-state index contributed by atoms with van der Waals surface area (Å²) in [7, 11) is 1.66. The van der Waals surface area contributed by atoms with E-state index in [1.165, 1.54) is 0 Å². The van der Waals surface area contributed by atoms with Crippen molar-refractivity contribution in [2.24, 2.45) is 5.16 Å². The first-order chi connectivity index (χ1) is 17.0. The van der Waals surface area contributed by atoms with Crippen LogP contribution in [0.5, 0.6) is 11.5 Å². The lowest BCUT2D eigenvalue weighted by molar-refractivity contribution is 0.0212. The maximum atomic E-state index is 10.8. The SMILES string of the molecule is COc1cccc(CN(C[C@H](O)COc2ccccc2C)C[C@@H]2CC(c3ccc(Cl)cc3)=NO2)c1. The summed E-state index contributed by atoms with van der Waals surface area (Å²) >= 11 is 6.02. The van der Waals surface area contributed by atoms with Crippen LogP contribution in [0.1, 0.15) is 23.1 Å². The number of aliphatic hydroxyl groups is 1. The Kier molecular flexibility index (Phi) is 8.64. The topological polar surface area (TPSA) is 63.5 Å². The summed E-state index contributed by atoms with van der Waals surface area (Å²) in [5.41, 5.74) is 4.03. The van der Waals surface area contributed by atoms with E-state index in [-0.39, 0.29) is 12.7 Å². The lowest BCUT2D eigenvalue weighted by Gasteiger charge is -2.27. The normalized spacial score (nSPS) is 16.0. The van der Waals surface area contributed by atoms with Crippen LogP contribution in [0.3, 0.4) is 0 Å². The van der Waals surface area contributed by atoms with Crippen LogP contribution in [-0.2, 0) is 11.4 Å². The molecule has 3 aromatic carbocycles. The molecular formula is C28H31ClN2O4. The second-order valence-corrected chi connectivity index (χ2v) is 9.19. The molecule has 0 amide bonds. The van der Waals surface area contributed by atoms with Crippen molar-refractivity contribution in [2.45, 2.75) is 32.1 Å². The molecule has 0 bridgehead atoms. The number of hydrogen-bond donors (Lipinski definition) is 1. The van der Waals surface area contributed by atoms with E-state index in [9.17, 15) is 5.11 Å². The molecule has 7 heteroatoms. The van der Waals surface area contributed by atoms with E-state index in [1.807, 2.05) is 73.7 Å². The van der Waals surface area contributed by atoms with Crippen molar-refractivity contribution >= 4 is 17.3 Å². The van der Waals surface area contributed by atoms with E-state index in [1.54, 1.807) is 7.11 Å². The van der Waals surface area contributed by atoms with Gasteiger partial charge in [0.1, 0.15) is 30.3 Å². The van der Waals surface area contributed by atoms with Gasteiger partial charge in [-0.25, -0.2) is 0 Å². The highest BCUT2D eigenvalue weighted by Gasteiger charge is 2.26. The number of halogens is 1. The van der Waals surface area contributed by atoms with Crippen LogP contribution in [-0.4, -0.2) is 54.7 Å². The largest absolute Gasteiger partial charge is 0.497 e. The summed E-state index contributed by atoms with van der Waals surface area (Å²) < 4.78 is 11.3. The molecule has 0 spiro atoms. The quantitative estimate of drug-likeness (QED) is 0.402. The Labute approximate surface area is 211 Å². The molecule has 0 aromatic heterocycles. The van der Waals surface area contributed by atoms with Gasteiger partial charge >= 0.3 is 0 Å². The average Bonchev–Trinajstić information content (AvgIpc) is 3.32. The minimum Gasteiger partial charge on any atom is -0.497 e. The number of benzene rings is 3. The van der Waals surface area contributed by atoms with E-state index in [4.69, 9.17) is 25.9 Å². The predicted molar refractivity (Wildman–Crippen MR) is 138 cm³/mol. The molecule has 0 fully saturated rings. The maximum absolute atomic E-state index is 10.8. The number of aryl methyl sites for hydroxylation is 1. The molecule has 0 unspecified atom stereocenters. The third-order valence-electron chi connectivity index (χ3n) is 5.91. The van der Waals surface area contributed by atoms with E-state index < -0.39 is 6.10 Å². The van der Waals surface area contributed by atoms with Crippen molar-refractivity contribution < 1.29 is 19.4 Å². The highest BCUT2D eigenvalue weighted by atomic mass is 35.5. The second-order valence-electron chi connectivity index (χ2n) is 8.75. The highest BCUT2D eigenvalue weighted by Crippen LogP contribution is 2.22. The van der Waals surface area contributed by atoms with Crippen LogP contribution in [0.4, 0.5) is 0 Å². The predicted octanol–water partition coefficient (Wildman–Crippen LogP) is 5.09. The van der Waals surface area contributed by atoms with Gasteiger partial charge in [-0.15, -0.1) is 0 Å². The molecule has 0 aliphatic carbocycles. The van der Waals surface area contributed by atoms with Gasteiger partial charge < -0.3 is 19.4 Å². The van der Waals surface area contributed by atoms with Gasteiger partial charge in [0.2, 0.25) is 0 Å². The van der Waals surface area contributed by atoms with Crippen molar-refractivity contribution in [1.29, 1.82) is 0 Å². The van der Waals surface area contributed by atoms with Gasteiger partial charge in [0.15, 0.2) is 0 Å². The monoisotopic (exact) mass is 494 g/mol. The van der Waals surface area contributed by atoms with Gasteiger partial charge in [-0.2, -0.15) is 0 Å². The fourth-order valence-corrected chi connectivity index (χ4v) is 4.24. The van der Waals surface area contributed by atoms with Crippen LogP contribution in [0, 0.1) is 6.92 Å². The minimum absolute atomic E-state index is 0.115. The molecule has 6 nitrogen and oxygen atoms in total. The first-order valence-electron chi connectivity index (χ1n) is 11.7. The molecule has 0 saturated carbocycles. The molecular weight excluding hydrogens is 464 g/mol. The van der Waals surface area contributed by atoms with Gasteiger partial charge in [0.05, 0.1) is 12.8 Å². The zero-order valence-corrected chi connectivity index (χ0v) is 20.8. The fraction of sp³-hybridized carbons (Fsp3) is 0.321. The molecule has 1 heterocycles. The minimum atomic E-state index is -0.668. The smallest absolute Gasteiger partial charge is 0.145 e. The molecule has 2 atom stereocenters. The Bertz CT molecular complexity index is 1140. The third-order valence-corrected chi connectivity index (χ3v) is 6.16. The number of para-hydroxylation sites is 1. The number of oxime groups is 1. The summed E-state index contributed by atoms with van der Waals surface area (Å²) in [5, 5.41) is 15.8. The Balaban J connectivity index is 1.40. The number of aliphatic hydroxyl groups excluding tert-OH is 1. The van der Waals surface area contributed by atoms with Gasteiger partial charge in [-0.3, -0.25) is 4.90 Å². The standard InChI is InChI=1S/C28H31ClN2O4/c1-20-6-3-4-9-28(20)34-19-24(32)17-31(16-21-7-5-8-25(14-21)33-2)18-26-15-27(30-35-26)22-10-12-23(29)13-11-22/h3-14,24,26,32H,15-19H2,1-2H3/t24-,26-/m0/s1. The molecule has 1 aliphatic heterocycles. The molecule has 184 valence electrons. The number of hydrogen-bond acceptors (Lipinski definition) is 6. The summed E-state index contributed by atoms with van der Waals surface area (Å²) in [6.07, 6.45) is -0.0967. The van der Waals surface area contributed by atoms with E-state index in [0.717, 1.165) is 33.9 Å². The average molecular weight is 495 g/mol. The number of nitrogens with zero attached hydrogens (tertiary/aromatic N) is 2. The Hall–Kier alpha value is -3.06. The molecule has 4 rings (SSSR count). The van der Waals surface area contributed by atoms with Crippen molar-refractivity contribution in [2.75, 3.05) is 26.8 Å². The lowest BCUT2D eigenvalue weighted by Crippen LogP contribution is -2.39. The lowest BCUT2D eigenvalue weighted by atomic mass is 10.0. The van der Waals surface area contributed by atoms with Crippen molar-refractivity contribution in [1.82, 2.24) is 4.90 Å². The summed E-state index contributed by atoms with van der Waals surface area (Å²) in [6, 6.07) is 23.4. The first kappa shape index (κ1) is 25.0. The molecule has 0 saturated heterocycles. The number of rotatable bonds is 11. The van der Waals surface area contributed by atoms with Gasteiger partial charge in [-0.1, -0.05) is 59.2 Å².